The Bertz CT molecular complexity index is 702. The number of esters is 2. The quantitative estimate of drug-likeness (QED) is 0.531. The molecule has 0 radical (unpaired) electrons. The van der Waals surface area contributed by atoms with Gasteiger partial charge in [0.1, 0.15) is 6.42 Å². The van der Waals surface area contributed by atoms with E-state index in [2.05, 4.69) is 41.8 Å². The maximum absolute atomic E-state index is 11.7. The number of nitrogens with zero attached hydrogens (tertiary/aromatic N) is 2. The fraction of sp³-hybridized carbons (Fsp3) is 0.200. The van der Waals surface area contributed by atoms with Crippen molar-refractivity contribution in [3.05, 3.63) is 44.6 Å². The molecule has 23 heavy (non-hydrogen) atoms. The molecule has 2 heterocycles. The Kier molecular flexibility index (Phi) is 5.84. The lowest BCUT2D eigenvalue weighted by Gasteiger charge is -2.06. The third kappa shape index (κ3) is 5.11. The summed E-state index contributed by atoms with van der Waals surface area (Å²) in [4.78, 5) is 31.6. The van der Waals surface area contributed by atoms with Crippen LogP contribution in [0.4, 0.5) is 0 Å². The van der Waals surface area contributed by atoms with Crippen LogP contribution in [0.5, 0.6) is 11.8 Å². The molecule has 2 rings (SSSR count). The summed E-state index contributed by atoms with van der Waals surface area (Å²) in [7, 11) is 0. The topological polar surface area (TPSA) is 78.4 Å². The number of aromatic nitrogens is 2. The Morgan fingerprint density at radius 1 is 0.870 bits per heavy atom. The van der Waals surface area contributed by atoms with E-state index < -0.39 is 18.4 Å². The first-order valence-corrected chi connectivity index (χ1v) is 8.11. The van der Waals surface area contributed by atoms with Gasteiger partial charge in [-0.3, -0.25) is 9.59 Å². The highest BCUT2D eigenvalue weighted by atomic mass is 79.9. The van der Waals surface area contributed by atoms with Crippen LogP contribution in [-0.2, 0) is 9.59 Å². The molecule has 0 fully saturated rings. The summed E-state index contributed by atoms with van der Waals surface area (Å²) in [5.74, 6) is -1.25. The zero-order chi connectivity index (χ0) is 17.0. The van der Waals surface area contributed by atoms with E-state index in [1.165, 1.54) is 12.1 Å². The highest BCUT2D eigenvalue weighted by Crippen LogP contribution is 2.19. The molecule has 2 aromatic rings. The van der Waals surface area contributed by atoms with E-state index in [1.54, 1.807) is 26.0 Å². The maximum Gasteiger partial charge on any atom is 0.323 e. The van der Waals surface area contributed by atoms with Crippen molar-refractivity contribution in [1.29, 1.82) is 0 Å². The zero-order valence-electron chi connectivity index (χ0n) is 12.3. The van der Waals surface area contributed by atoms with E-state index in [9.17, 15) is 9.59 Å². The summed E-state index contributed by atoms with van der Waals surface area (Å²) in [6.07, 6.45) is -0.534. The molecule has 0 spiro atoms. The van der Waals surface area contributed by atoms with E-state index in [1.807, 2.05) is 0 Å². The Morgan fingerprint density at radius 2 is 1.26 bits per heavy atom. The molecule has 0 amide bonds. The van der Waals surface area contributed by atoms with Crippen molar-refractivity contribution in [3.63, 3.8) is 0 Å². The van der Waals surface area contributed by atoms with Crippen molar-refractivity contribution in [3.8, 4) is 11.8 Å². The maximum atomic E-state index is 11.7. The van der Waals surface area contributed by atoms with Crippen molar-refractivity contribution in [2.75, 3.05) is 0 Å². The minimum atomic E-state index is -0.752. The van der Waals surface area contributed by atoms with Crippen LogP contribution in [0, 0.1) is 13.8 Å². The number of aryl methyl sites for hydroxylation is 2. The molecule has 0 aromatic carbocycles. The minimum Gasteiger partial charge on any atom is -0.407 e. The lowest BCUT2D eigenvalue weighted by Crippen LogP contribution is -2.19. The number of hydrogen-bond donors (Lipinski definition) is 0. The average molecular weight is 444 g/mol. The average Bonchev–Trinajstić information content (AvgIpc) is 2.46. The SMILES string of the molecule is Cc1nc(OC(=O)CC(=O)Oc2ccc(Br)c(C)n2)ccc1Br. The van der Waals surface area contributed by atoms with Crippen LogP contribution in [0.2, 0.25) is 0 Å². The number of ether oxygens (including phenoxy) is 2. The predicted molar refractivity (Wildman–Crippen MR) is 89.2 cm³/mol. The Hall–Kier alpha value is -1.80. The van der Waals surface area contributed by atoms with Crippen molar-refractivity contribution in [2.45, 2.75) is 20.3 Å². The monoisotopic (exact) mass is 442 g/mol. The van der Waals surface area contributed by atoms with Crippen LogP contribution in [0.3, 0.4) is 0 Å². The van der Waals surface area contributed by atoms with Crippen LogP contribution in [0.25, 0.3) is 0 Å². The Balaban J connectivity index is 1.92. The van der Waals surface area contributed by atoms with Gasteiger partial charge in [0.05, 0.1) is 11.4 Å². The highest BCUT2D eigenvalue weighted by molar-refractivity contribution is 9.10. The second-order valence-corrected chi connectivity index (χ2v) is 6.27. The van der Waals surface area contributed by atoms with Crippen LogP contribution < -0.4 is 9.47 Å². The highest BCUT2D eigenvalue weighted by Gasteiger charge is 2.16. The third-order valence-electron chi connectivity index (χ3n) is 2.72. The second kappa shape index (κ2) is 7.65. The van der Waals surface area contributed by atoms with Crippen LogP contribution >= 0.6 is 31.9 Å². The van der Waals surface area contributed by atoms with Gasteiger partial charge in [0, 0.05) is 21.1 Å². The van der Waals surface area contributed by atoms with Gasteiger partial charge in [0.25, 0.3) is 0 Å². The predicted octanol–water partition coefficient (Wildman–Crippen LogP) is 3.52. The number of rotatable bonds is 4. The summed E-state index contributed by atoms with van der Waals surface area (Å²) in [5, 5.41) is 0. The molecule has 2 aromatic heterocycles. The number of hydrogen-bond acceptors (Lipinski definition) is 6. The molecule has 0 aliphatic rings. The molecule has 0 unspecified atom stereocenters. The van der Waals surface area contributed by atoms with Gasteiger partial charge in [-0.25, -0.2) is 9.97 Å². The smallest absolute Gasteiger partial charge is 0.323 e. The van der Waals surface area contributed by atoms with Crippen molar-refractivity contribution < 1.29 is 19.1 Å². The molecular weight excluding hydrogens is 432 g/mol. The van der Waals surface area contributed by atoms with Gasteiger partial charge in [0.15, 0.2) is 0 Å². The number of pyridine rings is 2. The molecule has 0 aliphatic heterocycles. The summed E-state index contributed by atoms with van der Waals surface area (Å²) >= 11 is 6.59. The number of carbonyl (C=O) groups is 2. The molecule has 6 nitrogen and oxygen atoms in total. The first-order valence-electron chi connectivity index (χ1n) is 6.53. The lowest BCUT2D eigenvalue weighted by molar-refractivity contribution is -0.144. The van der Waals surface area contributed by atoms with Gasteiger partial charge in [0.2, 0.25) is 11.8 Å². The standard InChI is InChI=1S/C15H12Br2N2O4/c1-8-10(16)3-5-12(18-8)22-14(20)7-15(21)23-13-6-4-11(17)9(2)19-13/h3-6H,7H2,1-2H3. The van der Waals surface area contributed by atoms with E-state index in [0.29, 0.717) is 11.4 Å². The van der Waals surface area contributed by atoms with Gasteiger partial charge in [-0.15, -0.1) is 0 Å². The molecule has 120 valence electrons. The van der Waals surface area contributed by atoms with Crippen molar-refractivity contribution in [2.24, 2.45) is 0 Å². The van der Waals surface area contributed by atoms with Crippen LogP contribution in [0.1, 0.15) is 17.8 Å². The molecule has 0 atom stereocenters. The van der Waals surface area contributed by atoms with Crippen LogP contribution in [-0.4, -0.2) is 21.9 Å². The van der Waals surface area contributed by atoms with E-state index in [-0.39, 0.29) is 11.8 Å². The summed E-state index contributed by atoms with van der Waals surface area (Å²) in [5.41, 5.74) is 1.35. The number of halogens is 2. The van der Waals surface area contributed by atoms with E-state index >= 15 is 0 Å². The van der Waals surface area contributed by atoms with Crippen LogP contribution in [0.15, 0.2) is 33.2 Å². The van der Waals surface area contributed by atoms with Crippen molar-refractivity contribution >= 4 is 43.8 Å². The van der Waals surface area contributed by atoms with Gasteiger partial charge in [-0.05, 0) is 57.8 Å². The molecule has 0 saturated heterocycles. The largest absolute Gasteiger partial charge is 0.407 e. The molecular formula is C15H12Br2N2O4. The fourth-order valence-corrected chi connectivity index (χ4v) is 2.02. The normalized spacial score (nSPS) is 10.3. The molecule has 8 heteroatoms. The van der Waals surface area contributed by atoms with Gasteiger partial charge in [-0.1, -0.05) is 0 Å². The Labute approximate surface area is 149 Å². The molecule has 0 aliphatic carbocycles. The number of carbonyl (C=O) groups excluding carboxylic acids is 2. The van der Waals surface area contributed by atoms with Gasteiger partial charge < -0.3 is 9.47 Å². The molecule has 0 N–H and O–H groups in total. The third-order valence-corrected chi connectivity index (χ3v) is 4.39. The van der Waals surface area contributed by atoms with Gasteiger partial charge in [-0.2, -0.15) is 0 Å². The molecule has 0 bridgehead atoms. The molecule has 0 saturated carbocycles. The Morgan fingerprint density at radius 3 is 1.61 bits per heavy atom. The minimum absolute atomic E-state index is 0.126. The van der Waals surface area contributed by atoms with Crippen molar-refractivity contribution in [1.82, 2.24) is 9.97 Å². The summed E-state index contributed by atoms with van der Waals surface area (Å²) in [6, 6.07) is 6.47. The van der Waals surface area contributed by atoms with E-state index in [0.717, 1.165) is 8.95 Å². The lowest BCUT2D eigenvalue weighted by atomic mass is 10.4. The fourth-order valence-electron chi connectivity index (χ4n) is 1.58. The first-order chi connectivity index (χ1) is 10.8. The first kappa shape index (κ1) is 17.6. The summed E-state index contributed by atoms with van der Waals surface area (Å²) in [6.45, 7) is 3.52. The second-order valence-electron chi connectivity index (χ2n) is 4.56. The summed E-state index contributed by atoms with van der Waals surface area (Å²) < 4.78 is 11.6. The zero-order valence-corrected chi connectivity index (χ0v) is 15.5. The van der Waals surface area contributed by atoms with Gasteiger partial charge >= 0.3 is 11.9 Å². The van der Waals surface area contributed by atoms with E-state index in [4.69, 9.17) is 9.47 Å².